The first-order valence-corrected chi connectivity index (χ1v) is 5.18. The molecule has 0 unspecified atom stereocenters. The van der Waals surface area contributed by atoms with Gasteiger partial charge in [0.1, 0.15) is 5.75 Å². The molecule has 0 spiro atoms. The van der Waals surface area contributed by atoms with Gasteiger partial charge in [0.25, 0.3) is 0 Å². The molecule has 0 saturated heterocycles. The van der Waals surface area contributed by atoms with Crippen molar-refractivity contribution in [1.82, 2.24) is 0 Å². The van der Waals surface area contributed by atoms with Crippen LogP contribution in [0.4, 0.5) is 0 Å². The lowest BCUT2D eigenvalue weighted by Gasteiger charge is -2.24. The Morgan fingerprint density at radius 1 is 1.60 bits per heavy atom. The zero-order valence-electron chi connectivity index (χ0n) is 8.07. The molecule has 0 bridgehead atoms. The van der Waals surface area contributed by atoms with Crippen molar-refractivity contribution < 1.29 is 14.6 Å². The number of carboxylic acids is 1. The Morgan fingerprint density at radius 3 is 3.13 bits per heavy atom. The zero-order valence-corrected chi connectivity index (χ0v) is 8.83. The van der Waals surface area contributed by atoms with Gasteiger partial charge >= 0.3 is 5.97 Å². The van der Waals surface area contributed by atoms with Gasteiger partial charge in [-0.15, -0.1) is 0 Å². The van der Waals surface area contributed by atoms with E-state index in [0.717, 1.165) is 17.7 Å². The number of hydrogen-bond donors (Lipinski definition) is 1. The van der Waals surface area contributed by atoms with Gasteiger partial charge in [0, 0.05) is 10.9 Å². The molecule has 80 valence electrons. The van der Waals surface area contributed by atoms with E-state index >= 15 is 0 Å². The largest absolute Gasteiger partial charge is 0.493 e. The van der Waals surface area contributed by atoms with Gasteiger partial charge < -0.3 is 9.84 Å². The molecule has 3 nitrogen and oxygen atoms in total. The Balaban J connectivity index is 2.30. The second kappa shape index (κ2) is 4.11. The molecule has 15 heavy (non-hydrogen) atoms. The molecule has 1 aliphatic rings. The van der Waals surface area contributed by atoms with E-state index in [-0.39, 0.29) is 12.3 Å². The number of aliphatic carboxylic acids is 1. The fourth-order valence-corrected chi connectivity index (χ4v) is 2.02. The summed E-state index contributed by atoms with van der Waals surface area (Å²) < 4.78 is 5.44. The summed E-state index contributed by atoms with van der Waals surface area (Å²) in [6, 6.07) is 5.36. The molecule has 1 aromatic rings. The van der Waals surface area contributed by atoms with Crippen molar-refractivity contribution in [3.05, 3.63) is 28.8 Å². The third-order valence-corrected chi connectivity index (χ3v) is 2.80. The summed E-state index contributed by atoms with van der Waals surface area (Å²) in [7, 11) is 0. The van der Waals surface area contributed by atoms with Crippen LogP contribution in [0.3, 0.4) is 0 Å². The predicted molar refractivity (Wildman–Crippen MR) is 56.6 cm³/mol. The van der Waals surface area contributed by atoms with Crippen molar-refractivity contribution in [2.75, 3.05) is 6.61 Å². The highest BCUT2D eigenvalue weighted by Gasteiger charge is 2.23. The van der Waals surface area contributed by atoms with Gasteiger partial charge in [0.05, 0.1) is 13.0 Å². The normalized spacial score (nSPS) is 19.1. The maximum Gasteiger partial charge on any atom is 0.303 e. The fraction of sp³-hybridized carbons (Fsp3) is 0.364. The lowest BCUT2D eigenvalue weighted by molar-refractivity contribution is -0.137. The maximum atomic E-state index is 10.7. The number of carbonyl (C=O) groups is 1. The van der Waals surface area contributed by atoms with Crippen LogP contribution in [0.5, 0.6) is 5.75 Å². The summed E-state index contributed by atoms with van der Waals surface area (Å²) >= 11 is 5.83. The predicted octanol–water partition coefficient (Wildman–Crippen LogP) is 2.68. The molecule has 0 saturated carbocycles. The quantitative estimate of drug-likeness (QED) is 0.844. The Labute approximate surface area is 92.6 Å². The van der Waals surface area contributed by atoms with Crippen molar-refractivity contribution in [2.45, 2.75) is 18.8 Å². The average Bonchev–Trinajstić information content (AvgIpc) is 2.16. The molecule has 1 atom stereocenters. The average molecular weight is 227 g/mol. The number of benzene rings is 1. The first kappa shape index (κ1) is 10.3. The zero-order chi connectivity index (χ0) is 10.8. The van der Waals surface area contributed by atoms with E-state index < -0.39 is 5.97 Å². The van der Waals surface area contributed by atoms with E-state index in [2.05, 4.69) is 0 Å². The minimum Gasteiger partial charge on any atom is -0.493 e. The highest BCUT2D eigenvalue weighted by Crippen LogP contribution is 2.37. The number of hydrogen-bond acceptors (Lipinski definition) is 2. The lowest BCUT2D eigenvalue weighted by Crippen LogP contribution is -2.16. The maximum absolute atomic E-state index is 10.7. The van der Waals surface area contributed by atoms with Crippen molar-refractivity contribution in [3.8, 4) is 5.75 Å². The molecule has 1 aliphatic heterocycles. The Bertz CT molecular complexity index is 389. The van der Waals surface area contributed by atoms with E-state index in [1.165, 1.54) is 0 Å². The highest BCUT2D eigenvalue weighted by molar-refractivity contribution is 6.30. The Morgan fingerprint density at radius 2 is 2.40 bits per heavy atom. The van der Waals surface area contributed by atoms with Gasteiger partial charge in [-0.25, -0.2) is 0 Å². The summed E-state index contributed by atoms with van der Waals surface area (Å²) in [6.45, 7) is 0.561. The molecule has 1 heterocycles. The number of ether oxygens (including phenoxy) is 1. The van der Waals surface area contributed by atoms with Crippen molar-refractivity contribution >= 4 is 17.6 Å². The molecular weight excluding hydrogens is 216 g/mol. The third-order valence-electron chi connectivity index (χ3n) is 2.56. The van der Waals surface area contributed by atoms with Gasteiger partial charge in [-0.2, -0.15) is 0 Å². The van der Waals surface area contributed by atoms with Crippen LogP contribution in [0.1, 0.15) is 24.3 Å². The lowest BCUT2D eigenvalue weighted by atomic mass is 9.90. The van der Waals surface area contributed by atoms with Gasteiger partial charge in [-0.05, 0) is 24.1 Å². The van der Waals surface area contributed by atoms with Crippen LogP contribution in [0.2, 0.25) is 5.02 Å². The van der Waals surface area contributed by atoms with Crippen molar-refractivity contribution in [3.63, 3.8) is 0 Å². The van der Waals surface area contributed by atoms with Crippen LogP contribution < -0.4 is 4.74 Å². The standard InChI is InChI=1S/C11H11ClO3/c12-8-1-2-9-7(5-11(13)14)3-4-15-10(9)6-8/h1-2,6-7H,3-5H2,(H,13,14)/t7-/m1/s1. The molecule has 0 aromatic heterocycles. The molecule has 4 heteroatoms. The van der Waals surface area contributed by atoms with Crippen molar-refractivity contribution in [2.24, 2.45) is 0 Å². The van der Waals surface area contributed by atoms with Crippen LogP contribution in [0.15, 0.2) is 18.2 Å². The van der Waals surface area contributed by atoms with E-state index in [1.54, 1.807) is 12.1 Å². The molecule has 0 amide bonds. The second-order valence-corrected chi connectivity index (χ2v) is 4.05. The van der Waals surface area contributed by atoms with Gasteiger partial charge in [0.15, 0.2) is 0 Å². The van der Waals surface area contributed by atoms with Crippen LogP contribution in [0, 0.1) is 0 Å². The molecule has 1 N–H and O–H groups in total. The molecule has 0 fully saturated rings. The number of halogens is 1. The number of carboxylic acid groups (broad SMARTS) is 1. The number of rotatable bonds is 2. The molecule has 0 radical (unpaired) electrons. The molecular formula is C11H11ClO3. The smallest absolute Gasteiger partial charge is 0.303 e. The minimum atomic E-state index is -0.775. The SMILES string of the molecule is O=C(O)C[C@H]1CCOc2cc(Cl)ccc21. The molecule has 1 aromatic carbocycles. The summed E-state index contributed by atoms with van der Waals surface area (Å²) in [5.74, 6) is -0.00804. The van der Waals surface area contributed by atoms with E-state index in [4.69, 9.17) is 21.4 Å². The monoisotopic (exact) mass is 226 g/mol. The fourth-order valence-electron chi connectivity index (χ4n) is 1.86. The Hall–Kier alpha value is -1.22. The van der Waals surface area contributed by atoms with Crippen molar-refractivity contribution in [1.29, 1.82) is 0 Å². The summed E-state index contributed by atoms with van der Waals surface area (Å²) in [5.41, 5.74) is 0.952. The van der Waals surface area contributed by atoms with E-state index in [0.29, 0.717) is 11.6 Å². The Kier molecular flexibility index (Phi) is 2.82. The topological polar surface area (TPSA) is 46.5 Å². The summed E-state index contributed by atoms with van der Waals surface area (Å²) in [4.78, 5) is 10.7. The van der Waals surface area contributed by atoms with Gasteiger partial charge in [0.2, 0.25) is 0 Å². The molecule has 2 rings (SSSR count). The van der Waals surface area contributed by atoms with Crippen LogP contribution >= 0.6 is 11.6 Å². The number of fused-ring (bicyclic) bond motifs is 1. The van der Waals surface area contributed by atoms with E-state index in [1.807, 2.05) is 6.07 Å². The van der Waals surface area contributed by atoms with Crippen LogP contribution in [-0.2, 0) is 4.79 Å². The van der Waals surface area contributed by atoms with Crippen LogP contribution in [0.25, 0.3) is 0 Å². The molecule has 0 aliphatic carbocycles. The third kappa shape index (κ3) is 2.23. The van der Waals surface area contributed by atoms with Crippen LogP contribution in [-0.4, -0.2) is 17.7 Å². The highest BCUT2D eigenvalue weighted by atomic mass is 35.5. The van der Waals surface area contributed by atoms with Gasteiger partial charge in [-0.3, -0.25) is 4.79 Å². The van der Waals surface area contributed by atoms with Gasteiger partial charge in [-0.1, -0.05) is 17.7 Å². The first-order chi connectivity index (χ1) is 7.16. The minimum absolute atomic E-state index is 0.0449. The summed E-state index contributed by atoms with van der Waals surface area (Å²) in [5, 5.41) is 9.39. The summed E-state index contributed by atoms with van der Waals surface area (Å²) in [6.07, 6.45) is 0.902. The second-order valence-electron chi connectivity index (χ2n) is 3.61. The first-order valence-electron chi connectivity index (χ1n) is 4.81. The van der Waals surface area contributed by atoms with E-state index in [9.17, 15) is 4.79 Å².